The number of fused-ring (bicyclic) bond motifs is 7. The number of ether oxygens (including phenoxy) is 3. The Hall–Kier alpha value is -2.98. The molecule has 7 nitrogen and oxygen atoms in total. The first kappa shape index (κ1) is 32.6. The van der Waals surface area contributed by atoms with Crippen molar-refractivity contribution in [1.82, 2.24) is 0 Å². The maximum atomic E-state index is 12.3. The van der Waals surface area contributed by atoms with Gasteiger partial charge in [-0.3, -0.25) is 0 Å². The van der Waals surface area contributed by atoms with Crippen molar-refractivity contribution in [2.75, 3.05) is 12.3 Å². The molecule has 7 rings (SSSR count). The monoisotopic (exact) mass is 813 g/mol. The summed E-state index contributed by atoms with van der Waals surface area (Å²) in [7, 11) is 0. The third kappa shape index (κ3) is 5.11. The quantitative estimate of drug-likeness (QED) is 0.229. The van der Waals surface area contributed by atoms with Crippen molar-refractivity contribution < 1.29 is 47.4 Å². The Labute approximate surface area is 286 Å². The van der Waals surface area contributed by atoms with Crippen LogP contribution in [0.1, 0.15) is 62.5 Å². The van der Waals surface area contributed by atoms with E-state index in [1.54, 1.807) is 36.4 Å². The van der Waals surface area contributed by atoms with Gasteiger partial charge in [-0.15, -0.1) is 0 Å². The molecule has 3 saturated carbocycles. The fourth-order valence-electron chi connectivity index (χ4n) is 9.82. The van der Waals surface area contributed by atoms with Gasteiger partial charge in [0.15, 0.2) is 0 Å². The molecule has 4 N–H and O–H groups in total. The summed E-state index contributed by atoms with van der Waals surface area (Å²) in [4.78, 5) is 12.3. The molecule has 3 unspecified atom stereocenters. The first-order valence-corrected chi connectivity index (χ1v) is 17.8. The van der Waals surface area contributed by atoms with E-state index >= 15 is 0 Å². The summed E-state index contributed by atoms with van der Waals surface area (Å²) in [5.74, 6) is 1.15. The summed E-state index contributed by atoms with van der Waals surface area (Å²) in [6, 6.07) is 13.6. The molecule has 2 aromatic rings. The summed E-state index contributed by atoms with van der Waals surface area (Å²) in [5, 5.41) is 22.8. The van der Waals surface area contributed by atoms with Crippen LogP contribution >= 0.6 is 0 Å². The number of hydrogen-bond donors (Lipinski definition) is 3. The number of carbonyl (C=O) groups is 1. The number of aliphatic hydroxyl groups is 2. The number of hydrogen-bond acceptors (Lipinski definition) is 7. The van der Waals surface area contributed by atoms with E-state index < -0.39 is 23.4 Å². The average molecular weight is 812 g/mol. The van der Waals surface area contributed by atoms with E-state index in [1.165, 1.54) is 0 Å². The van der Waals surface area contributed by atoms with E-state index in [-0.39, 0.29) is 41.7 Å². The van der Waals surface area contributed by atoms with Crippen LogP contribution in [0.2, 0.25) is 0 Å². The van der Waals surface area contributed by atoms with E-state index in [1.807, 2.05) is 60.7 Å². The van der Waals surface area contributed by atoms with Crippen molar-refractivity contribution in [3.63, 3.8) is 0 Å². The molecular formula is C39H43NO6Os. The third-order valence-corrected chi connectivity index (χ3v) is 13.2. The fraction of sp³-hybridized carbons (Fsp3) is 0.436. The van der Waals surface area contributed by atoms with Crippen molar-refractivity contribution in [3.8, 4) is 5.75 Å². The minimum atomic E-state index is -0.880. The van der Waals surface area contributed by atoms with E-state index in [2.05, 4.69) is 20.4 Å². The molecule has 2 aromatic carbocycles. The van der Waals surface area contributed by atoms with Crippen molar-refractivity contribution in [3.05, 3.63) is 102 Å². The van der Waals surface area contributed by atoms with Crippen molar-refractivity contribution in [1.29, 1.82) is 0 Å². The molecule has 47 heavy (non-hydrogen) atoms. The Morgan fingerprint density at radius 1 is 1.23 bits per heavy atom. The van der Waals surface area contributed by atoms with Gasteiger partial charge in [-0.25, -0.2) is 0 Å². The van der Waals surface area contributed by atoms with Gasteiger partial charge in [-0.05, 0) is 6.07 Å². The second kappa shape index (κ2) is 12.2. The molecule has 1 aliphatic heterocycles. The topological polar surface area (TPSA) is 111 Å². The summed E-state index contributed by atoms with van der Waals surface area (Å²) < 4.78 is 21.2. The molecular weight excluding hydrogens is 769 g/mol. The van der Waals surface area contributed by atoms with Gasteiger partial charge in [0.2, 0.25) is 0 Å². The van der Waals surface area contributed by atoms with Crippen LogP contribution in [-0.2, 0) is 39.0 Å². The summed E-state index contributed by atoms with van der Waals surface area (Å²) in [5.41, 5.74) is 8.82. The van der Waals surface area contributed by atoms with Crippen LogP contribution in [0.3, 0.4) is 0 Å². The number of benzene rings is 2. The van der Waals surface area contributed by atoms with Gasteiger partial charge in [0.05, 0.1) is 0 Å². The molecule has 1 saturated heterocycles. The molecule has 1 heterocycles. The predicted molar refractivity (Wildman–Crippen MR) is 178 cm³/mol. The second-order valence-electron chi connectivity index (χ2n) is 14.2. The van der Waals surface area contributed by atoms with Crippen molar-refractivity contribution in [2.45, 2.75) is 70.2 Å². The van der Waals surface area contributed by atoms with Crippen LogP contribution in [-0.4, -0.2) is 44.5 Å². The molecule has 0 amide bonds. The van der Waals surface area contributed by atoms with Gasteiger partial charge in [0.25, 0.3) is 0 Å². The third-order valence-electron chi connectivity index (χ3n) is 11.8. The Kier molecular flexibility index (Phi) is 8.43. The van der Waals surface area contributed by atoms with E-state index in [0.29, 0.717) is 24.5 Å². The number of carbonyl (C=O) groups excluding carboxylic acids is 1. The summed E-state index contributed by atoms with van der Waals surface area (Å²) >= 11 is 1.70. The normalized spacial score (nSPS) is 37.1. The van der Waals surface area contributed by atoms with Gasteiger partial charge < -0.3 is 5.73 Å². The Morgan fingerprint density at radius 3 is 2.83 bits per heavy atom. The van der Waals surface area contributed by atoms with Gasteiger partial charge in [-0.2, -0.15) is 0 Å². The number of nitrogens with two attached hydrogens (primary N) is 1. The zero-order valence-corrected chi connectivity index (χ0v) is 29.4. The minimum absolute atomic E-state index is 0.00193. The fourth-order valence-corrected chi connectivity index (χ4v) is 11.1. The molecule has 4 fully saturated rings. The van der Waals surface area contributed by atoms with Gasteiger partial charge in [0.1, 0.15) is 0 Å². The second-order valence-corrected chi connectivity index (χ2v) is 15.8. The Morgan fingerprint density at radius 2 is 2.06 bits per heavy atom. The first-order chi connectivity index (χ1) is 22.5. The molecule has 248 valence electrons. The van der Waals surface area contributed by atoms with E-state index in [9.17, 15) is 15.0 Å². The molecule has 8 heteroatoms. The average Bonchev–Trinajstić information content (AvgIpc) is 3.55. The van der Waals surface area contributed by atoms with Gasteiger partial charge >= 0.3 is 276 Å². The van der Waals surface area contributed by atoms with Crippen LogP contribution in [0.25, 0.3) is 6.08 Å². The first-order valence-electron chi connectivity index (χ1n) is 16.5. The van der Waals surface area contributed by atoms with E-state index in [0.717, 1.165) is 45.6 Å². The Balaban J connectivity index is 1.23. The zero-order chi connectivity index (χ0) is 33.1. The molecule has 0 aromatic heterocycles. The molecule has 4 aliphatic carbocycles. The van der Waals surface area contributed by atoms with Crippen LogP contribution in [0.4, 0.5) is 5.69 Å². The van der Waals surface area contributed by atoms with Crippen LogP contribution < -0.4 is 10.5 Å². The number of anilines is 1. The predicted octanol–water partition coefficient (Wildman–Crippen LogP) is 5.80. The van der Waals surface area contributed by atoms with E-state index in [4.69, 9.17) is 19.9 Å². The summed E-state index contributed by atoms with van der Waals surface area (Å²) in [6.07, 6.45) is 12.5. The van der Waals surface area contributed by atoms with Crippen LogP contribution in [0.5, 0.6) is 5.75 Å². The van der Waals surface area contributed by atoms with Gasteiger partial charge in [0, 0.05) is 0 Å². The molecule has 5 aliphatic rings. The standard InChI is InChI=1S/C39H43NO6.Os/c1-4-5-8-25-10-12-29(44-23-24-7-6-9-27(40)18-24)20-31(25)36-45-34-21-32-30-13-11-26-19-28(42)14-15-37(26,2)35(30)33(43)22-38(32,3)39(34,46-36)16-17-41;/h4-10,12,14-15,18-20,30,32-36,41,43H,1,11,13,17,21-23,40H2,2-3H3;/t30-,32?,33?,34+,35?,36-,37-,38-,39+;/m0./s1. The molecule has 0 radical (unpaired) electrons. The summed E-state index contributed by atoms with van der Waals surface area (Å²) in [6.45, 7) is 8.51. The van der Waals surface area contributed by atoms with Crippen LogP contribution in [0, 0.1) is 28.6 Å². The number of rotatable bonds is 8. The number of nitrogen functional groups attached to an aromatic ring is 1. The van der Waals surface area contributed by atoms with Crippen molar-refractivity contribution >= 4 is 21.6 Å². The number of ketones is 1. The molecule has 9 atom stereocenters. The number of aliphatic hydroxyl groups excluding tert-OH is 2. The molecule has 0 bridgehead atoms. The van der Waals surface area contributed by atoms with Crippen LogP contribution in [0.15, 0.2) is 85.0 Å². The molecule has 0 spiro atoms. The SMILES string of the molecule is C=CC=Cc1ccc(OCc2cccc(N)c2)cc1[C@H]1O[C@@H]2CC3[C@@H]4CCC5=CC(=O)C=C[C@]5(C)C4C(O)C[C@]3(C)[C@]2([C](=[Os])CO)O1. The Bertz CT molecular complexity index is 1710. The maximum absolute atomic E-state index is 12.3. The number of allylic oxidation sites excluding steroid dienone is 6. The van der Waals surface area contributed by atoms with Crippen molar-refractivity contribution in [2.24, 2.45) is 28.6 Å². The van der Waals surface area contributed by atoms with Gasteiger partial charge in [-0.1, -0.05) is 0 Å². The zero-order valence-electron chi connectivity index (χ0n) is 26.9.